The number of carbonyl (C=O) groups excluding carboxylic acids is 2. The Morgan fingerprint density at radius 3 is 2.24 bits per heavy atom. The van der Waals surface area contributed by atoms with E-state index in [2.05, 4.69) is 5.32 Å². The van der Waals surface area contributed by atoms with Crippen LogP contribution in [0.4, 0.5) is 14.5 Å². The van der Waals surface area contributed by atoms with Gasteiger partial charge in [0.25, 0.3) is 0 Å². The van der Waals surface area contributed by atoms with Gasteiger partial charge in [0, 0.05) is 30.6 Å². The Morgan fingerprint density at radius 2 is 1.63 bits per heavy atom. The molecule has 11 heteroatoms. The molecule has 7 nitrogen and oxygen atoms in total. The van der Waals surface area contributed by atoms with Gasteiger partial charge in [-0.1, -0.05) is 54.1 Å². The van der Waals surface area contributed by atoms with Crippen molar-refractivity contribution >= 4 is 39.1 Å². The zero-order valence-corrected chi connectivity index (χ0v) is 22.5. The minimum Gasteiger partial charge on any atom is -0.355 e. The summed E-state index contributed by atoms with van der Waals surface area (Å²) in [4.78, 5) is 28.3. The van der Waals surface area contributed by atoms with E-state index in [0.717, 1.165) is 24.0 Å². The Labute approximate surface area is 226 Å². The Morgan fingerprint density at radius 1 is 0.947 bits per heavy atom. The second-order valence-corrected chi connectivity index (χ2v) is 11.0. The summed E-state index contributed by atoms with van der Waals surface area (Å²) in [5.41, 5.74) is 1.18. The third-order valence-corrected chi connectivity index (χ3v) is 7.11. The average Bonchev–Trinajstić information content (AvgIpc) is 2.86. The van der Waals surface area contributed by atoms with Crippen molar-refractivity contribution < 1.29 is 26.8 Å². The molecule has 202 valence electrons. The largest absolute Gasteiger partial charge is 0.355 e. The van der Waals surface area contributed by atoms with E-state index in [-0.39, 0.29) is 18.7 Å². The van der Waals surface area contributed by atoms with E-state index < -0.39 is 46.1 Å². The first-order valence-electron chi connectivity index (χ1n) is 11.8. The van der Waals surface area contributed by atoms with E-state index in [1.807, 2.05) is 30.3 Å². The molecule has 3 aromatic rings. The van der Waals surface area contributed by atoms with Crippen LogP contribution in [-0.4, -0.2) is 50.5 Å². The molecule has 0 bridgehead atoms. The number of nitrogens with one attached hydrogen (secondary N) is 1. The number of nitrogens with zero attached hydrogens (tertiary/aromatic N) is 2. The minimum atomic E-state index is -4.10. The molecule has 0 aliphatic carbocycles. The fourth-order valence-electron chi connectivity index (χ4n) is 3.93. The van der Waals surface area contributed by atoms with Crippen LogP contribution in [0.5, 0.6) is 0 Å². The highest BCUT2D eigenvalue weighted by Gasteiger charge is 2.33. The van der Waals surface area contributed by atoms with Gasteiger partial charge >= 0.3 is 0 Å². The summed E-state index contributed by atoms with van der Waals surface area (Å²) in [6, 6.07) is 17.4. The molecule has 3 rings (SSSR count). The topological polar surface area (TPSA) is 86.8 Å². The number of amides is 2. The highest BCUT2D eigenvalue weighted by molar-refractivity contribution is 7.92. The number of benzene rings is 3. The van der Waals surface area contributed by atoms with Crippen molar-refractivity contribution in [1.29, 1.82) is 0 Å². The predicted molar refractivity (Wildman–Crippen MR) is 143 cm³/mol. The highest BCUT2D eigenvalue weighted by Crippen LogP contribution is 2.23. The Bertz CT molecular complexity index is 1390. The number of rotatable bonds is 11. The molecule has 1 atom stereocenters. The first-order valence-corrected chi connectivity index (χ1v) is 14.0. The van der Waals surface area contributed by atoms with Crippen LogP contribution in [0.25, 0.3) is 0 Å². The summed E-state index contributed by atoms with van der Waals surface area (Å²) in [5, 5.41) is 3.17. The molecule has 0 heterocycles. The fraction of sp³-hybridized carbons (Fsp3) is 0.259. The maximum atomic E-state index is 14.0. The maximum absolute atomic E-state index is 14.0. The van der Waals surface area contributed by atoms with E-state index in [0.29, 0.717) is 27.5 Å². The summed E-state index contributed by atoms with van der Waals surface area (Å²) >= 11 is 6.14. The van der Waals surface area contributed by atoms with Crippen LogP contribution in [0.2, 0.25) is 5.02 Å². The van der Waals surface area contributed by atoms with Crippen molar-refractivity contribution in [3.05, 3.63) is 101 Å². The van der Waals surface area contributed by atoms with Crippen molar-refractivity contribution in [3.8, 4) is 0 Å². The third-order valence-electron chi connectivity index (χ3n) is 5.73. The zero-order chi connectivity index (χ0) is 27.9. The summed E-state index contributed by atoms with van der Waals surface area (Å²) in [6.07, 6.45) is 1.01. The molecule has 0 spiro atoms. The van der Waals surface area contributed by atoms with Gasteiger partial charge in [-0.2, -0.15) is 0 Å². The molecule has 0 fully saturated rings. The monoisotopic (exact) mass is 563 g/mol. The molecule has 2 amide bonds. The Kier molecular flexibility index (Phi) is 9.82. The van der Waals surface area contributed by atoms with Crippen LogP contribution in [0.15, 0.2) is 72.8 Å². The highest BCUT2D eigenvalue weighted by atomic mass is 35.5. The first-order chi connectivity index (χ1) is 18.0. The van der Waals surface area contributed by atoms with Crippen molar-refractivity contribution in [1.82, 2.24) is 10.2 Å². The normalized spacial score (nSPS) is 12.0. The van der Waals surface area contributed by atoms with Crippen molar-refractivity contribution in [2.45, 2.75) is 25.9 Å². The molecule has 0 aromatic heterocycles. The molecular weight excluding hydrogens is 536 g/mol. The van der Waals surface area contributed by atoms with E-state index in [1.165, 1.54) is 4.90 Å². The molecule has 38 heavy (non-hydrogen) atoms. The van der Waals surface area contributed by atoms with Crippen molar-refractivity contribution in [3.63, 3.8) is 0 Å². The van der Waals surface area contributed by atoms with Gasteiger partial charge in [0.1, 0.15) is 12.6 Å². The lowest BCUT2D eigenvalue weighted by atomic mass is 10.0. The molecule has 0 aliphatic heterocycles. The van der Waals surface area contributed by atoms with Crippen LogP contribution in [0.3, 0.4) is 0 Å². The van der Waals surface area contributed by atoms with Crippen LogP contribution in [0.1, 0.15) is 18.1 Å². The van der Waals surface area contributed by atoms with Crippen LogP contribution < -0.4 is 9.62 Å². The fourth-order valence-corrected chi connectivity index (χ4v) is 4.99. The third kappa shape index (κ3) is 7.75. The molecule has 0 aliphatic rings. The Hall–Kier alpha value is -3.50. The predicted octanol–water partition coefficient (Wildman–Crippen LogP) is 4.16. The molecule has 0 radical (unpaired) electrons. The van der Waals surface area contributed by atoms with Gasteiger partial charge in [-0.15, -0.1) is 0 Å². The average molecular weight is 564 g/mol. The quantitative estimate of drug-likeness (QED) is 0.379. The smallest absolute Gasteiger partial charge is 0.244 e. The number of likely N-dealkylation sites (N-methyl/N-ethyl adjacent to an activating group) is 1. The van der Waals surface area contributed by atoms with Crippen molar-refractivity contribution in [2.24, 2.45) is 0 Å². The number of sulfonamides is 1. The van der Waals surface area contributed by atoms with Gasteiger partial charge in [0.15, 0.2) is 11.6 Å². The van der Waals surface area contributed by atoms with Gasteiger partial charge in [0.05, 0.1) is 11.9 Å². The van der Waals surface area contributed by atoms with Crippen LogP contribution in [-0.2, 0) is 32.6 Å². The van der Waals surface area contributed by atoms with E-state index in [4.69, 9.17) is 11.6 Å². The lowest BCUT2D eigenvalue weighted by molar-refractivity contribution is -0.140. The summed E-state index contributed by atoms with van der Waals surface area (Å²) in [6.45, 7) is 1.27. The number of halogens is 3. The molecule has 0 saturated heterocycles. The van der Waals surface area contributed by atoms with Gasteiger partial charge in [-0.25, -0.2) is 17.2 Å². The van der Waals surface area contributed by atoms with Crippen molar-refractivity contribution in [2.75, 3.05) is 23.7 Å². The molecule has 1 unspecified atom stereocenters. The van der Waals surface area contributed by atoms with Gasteiger partial charge in [-0.3, -0.25) is 13.9 Å². The van der Waals surface area contributed by atoms with E-state index in [1.54, 1.807) is 31.2 Å². The zero-order valence-electron chi connectivity index (χ0n) is 20.9. The number of carbonyl (C=O) groups is 2. The summed E-state index contributed by atoms with van der Waals surface area (Å²) in [5.74, 6) is -3.56. The molecule has 1 N–H and O–H groups in total. The van der Waals surface area contributed by atoms with Crippen LogP contribution in [0, 0.1) is 11.6 Å². The molecular formula is C27H28ClF2N3O4S. The SMILES string of the molecule is CCNC(=O)C(Cc1ccccc1)N(Cc1cccc(Cl)c1)C(=O)CN(c1ccc(F)c(F)c1)S(C)(=O)=O. The number of hydrogen-bond donors (Lipinski definition) is 1. The van der Waals surface area contributed by atoms with Gasteiger partial charge < -0.3 is 10.2 Å². The summed E-state index contributed by atoms with van der Waals surface area (Å²) in [7, 11) is -4.10. The van der Waals surface area contributed by atoms with E-state index in [9.17, 15) is 26.8 Å². The lowest BCUT2D eigenvalue weighted by Crippen LogP contribution is -2.53. The Balaban J connectivity index is 2.05. The van der Waals surface area contributed by atoms with Gasteiger partial charge in [0.2, 0.25) is 21.8 Å². The summed E-state index contributed by atoms with van der Waals surface area (Å²) < 4.78 is 53.4. The number of hydrogen-bond acceptors (Lipinski definition) is 4. The first kappa shape index (κ1) is 29.1. The standard InChI is InChI=1S/C27H28ClF2N3O4S/c1-3-31-27(35)25(15-19-8-5-4-6-9-19)32(17-20-10-7-11-21(28)14-20)26(34)18-33(38(2,36)37)22-12-13-23(29)24(30)16-22/h4-14,16,25H,3,15,17-18H2,1-2H3,(H,31,35). The second-order valence-electron chi connectivity index (χ2n) is 8.62. The molecule has 3 aromatic carbocycles. The minimum absolute atomic E-state index is 0.0522. The molecule has 0 saturated carbocycles. The second kappa shape index (κ2) is 12.8. The number of anilines is 1. The lowest BCUT2D eigenvalue weighted by Gasteiger charge is -2.33. The maximum Gasteiger partial charge on any atom is 0.244 e. The van der Waals surface area contributed by atoms with E-state index >= 15 is 0 Å². The van der Waals surface area contributed by atoms with Crippen LogP contribution >= 0.6 is 11.6 Å². The van der Waals surface area contributed by atoms with Gasteiger partial charge in [-0.05, 0) is 42.3 Å².